The number of anilines is 1. The van der Waals surface area contributed by atoms with E-state index in [1.54, 1.807) is 7.05 Å². The molecule has 0 aromatic carbocycles. The number of nitrogens with zero attached hydrogens (tertiary/aromatic N) is 5. The highest BCUT2D eigenvalue weighted by Gasteiger charge is 2.41. The third-order valence-electron chi connectivity index (χ3n) is 6.04. The molecule has 1 atom stereocenters. The third-order valence-corrected chi connectivity index (χ3v) is 6.04. The highest BCUT2D eigenvalue weighted by Crippen LogP contribution is 2.25. The summed E-state index contributed by atoms with van der Waals surface area (Å²) in [5.41, 5.74) is 1.12. The van der Waals surface area contributed by atoms with Gasteiger partial charge in [0, 0.05) is 59.1 Å². The summed E-state index contributed by atoms with van der Waals surface area (Å²) in [6.45, 7) is 5.72. The Morgan fingerprint density at radius 2 is 1.74 bits per heavy atom. The Bertz CT molecular complexity index is 699. The normalized spacial score (nSPS) is 20.1. The summed E-state index contributed by atoms with van der Waals surface area (Å²) in [6, 6.07) is 2.70. The van der Waals surface area contributed by atoms with Crippen molar-refractivity contribution in [1.82, 2.24) is 20.1 Å². The number of hydrogen-bond acceptors (Lipinski definition) is 4. The van der Waals surface area contributed by atoms with Crippen LogP contribution in [0.4, 0.5) is 19.0 Å². The molecule has 2 saturated heterocycles. The first-order valence-corrected chi connectivity index (χ1v) is 10.8. The standard InChI is InChI=1S/C21H33F3N6.HI/c1-17(21(22,23)24)28-11-13-30(14-12-28)20(25-2)27-16-18-7-8-26-19(15-18)29-9-5-3-4-6-10-29;/h7-8,15,17H,3-6,9-14,16H2,1-2H3,(H,25,27);1H. The lowest BCUT2D eigenvalue weighted by Crippen LogP contribution is -2.56. The van der Waals surface area contributed by atoms with Crippen LogP contribution in [0.2, 0.25) is 0 Å². The molecule has 1 aromatic rings. The van der Waals surface area contributed by atoms with E-state index in [4.69, 9.17) is 0 Å². The molecule has 2 aliphatic rings. The van der Waals surface area contributed by atoms with Crippen LogP contribution in [-0.2, 0) is 6.54 Å². The maximum absolute atomic E-state index is 13.0. The van der Waals surface area contributed by atoms with Crippen molar-refractivity contribution in [3.63, 3.8) is 0 Å². The minimum atomic E-state index is -4.19. The molecule has 10 heteroatoms. The summed E-state index contributed by atoms with van der Waals surface area (Å²) in [5.74, 6) is 1.74. The summed E-state index contributed by atoms with van der Waals surface area (Å²) >= 11 is 0. The lowest BCUT2D eigenvalue weighted by atomic mass is 10.2. The van der Waals surface area contributed by atoms with Gasteiger partial charge in [0.25, 0.3) is 0 Å². The Hall–Kier alpha value is -1.30. The molecule has 31 heavy (non-hydrogen) atoms. The van der Waals surface area contributed by atoms with Crippen LogP contribution < -0.4 is 10.2 Å². The summed E-state index contributed by atoms with van der Waals surface area (Å²) in [4.78, 5) is 14.7. The molecule has 3 heterocycles. The van der Waals surface area contributed by atoms with Crippen LogP contribution in [0.1, 0.15) is 38.2 Å². The fraction of sp³-hybridized carbons (Fsp3) is 0.714. The Kier molecular flexibility index (Phi) is 10.1. The molecule has 6 nitrogen and oxygen atoms in total. The number of piperazine rings is 1. The van der Waals surface area contributed by atoms with Crippen molar-refractivity contribution < 1.29 is 13.2 Å². The van der Waals surface area contributed by atoms with Gasteiger partial charge in [0.2, 0.25) is 0 Å². The van der Waals surface area contributed by atoms with E-state index < -0.39 is 12.2 Å². The number of hydrogen-bond donors (Lipinski definition) is 1. The fourth-order valence-corrected chi connectivity index (χ4v) is 4.08. The second-order valence-corrected chi connectivity index (χ2v) is 8.06. The van der Waals surface area contributed by atoms with Crippen molar-refractivity contribution in [2.24, 2.45) is 4.99 Å². The Labute approximate surface area is 200 Å². The minimum absolute atomic E-state index is 0. The maximum atomic E-state index is 13.0. The maximum Gasteiger partial charge on any atom is 0.403 e. The van der Waals surface area contributed by atoms with E-state index in [9.17, 15) is 13.2 Å². The molecule has 0 saturated carbocycles. The zero-order valence-electron chi connectivity index (χ0n) is 18.4. The molecule has 2 fully saturated rings. The van der Waals surface area contributed by atoms with E-state index in [0.717, 1.165) is 30.4 Å². The van der Waals surface area contributed by atoms with E-state index in [1.165, 1.54) is 37.5 Å². The minimum Gasteiger partial charge on any atom is -0.357 e. The lowest BCUT2D eigenvalue weighted by Gasteiger charge is -2.39. The van der Waals surface area contributed by atoms with Gasteiger partial charge in [-0.15, -0.1) is 24.0 Å². The lowest BCUT2D eigenvalue weighted by molar-refractivity contribution is -0.181. The molecule has 176 valence electrons. The third kappa shape index (κ3) is 7.37. The smallest absolute Gasteiger partial charge is 0.357 e. The molecule has 1 unspecified atom stereocenters. The topological polar surface area (TPSA) is 47.0 Å². The second kappa shape index (κ2) is 12.1. The van der Waals surface area contributed by atoms with Crippen molar-refractivity contribution in [1.29, 1.82) is 0 Å². The largest absolute Gasteiger partial charge is 0.403 e. The molecule has 1 aromatic heterocycles. The zero-order chi connectivity index (χ0) is 21.6. The number of aromatic nitrogens is 1. The van der Waals surface area contributed by atoms with E-state index in [0.29, 0.717) is 32.7 Å². The number of alkyl halides is 3. The highest BCUT2D eigenvalue weighted by molar-refractivity contribution is 14.0. The van der Waals surface area contributed by atoms with E-state index in [-0.39, 0.29) is 24.0 Å². The Morgan fingerprint density at radius 1 is 1.10 bits per heavy atom. The first-order valence-electron chi connectivity index (χ1n) is 10.8. The molecular weight excluding hydrogens is 520 g/mol. The van der Waals surface area contributed by atoms with Gasteiger partial charge in [-0.25, -0.2) is 4.98 Å². The fourth-order valence-electron chi connectivity index (χ4n) is 4.08. The molecule has 3 rings (SSSR count). The van der Waals surface area contributed by atoms with Crippen LogP contribution in [0.5, 0.6) is 0 Å². The van der Waals surface area contributed by atoms with Crippen LogP contribution in [0.15, 0.2) is 23.3 Å². The first kappa shape index (κ1) is 26.0. The van der Waals surface area contributed by atoms with Gasteiger partial charge in [0.05, 0.1) is 0 Å². The quantitative estimate of drug-likeness (QED) is 0.350. The Morgan fingerprint density at radius 3 is 2.32 bits per heavy atom. The first-order chi connectivity index (χ1) is 14.4. The number of guanidine groups is 1. The molecule has 0 amide bonds. The summed E-state index contributed by atoms with van der Waals surface area (Å²) in [5, 5.41) is 3.36. The second-order valence-electron chi connectivity index (χ2n) is 8.06. The van der Waals surface area contributed by atoms with Gasteiger partial charge < -0.3 is 15.1 Å². The van der Waals surface area contributed by atoms with E-state index in [2.05, 4.69) is 26.3 Å². The number of pyridine rings is 1. The molecule has 0 bridgehead atoms. The molecule has 0 spiro atoms. The predicted molar refractivity (Wildman–Crippen MR) is 129 cm³/mol. The van der Waals surface area contributed by atoms with Crippen LogP contribution in [0.25, 0.3) is 0 Å². The summed E-state index contributed by atoms with van der Waals surface area (Å²) in [6.07, 6.45) is 2.63. The molecule has 0 aliphatic carbocycles. The SMILES string of the molecule is CN=C(NCc1ccnc(N2CCCCCC2)c1)N1CCN(C(C)C(F)(F)F)CC1.I. The number of nitrogens with one attached hydrogen (secondary N) is 1. The molecule has 1 N–H and O–H groups in total. The van der Waals surface area contributed by atoms with Crippen molar-refractivity contribution in [3.8, 4) is 0 Å². The van der Waals surface area contributed by atoms with Crippen molar-refractivity contribution >= 4 is 35.8 Å². The van der Waals surface area contributed by atoms with Crippen LogP contribution >= 0.6 is 24.0 Å². The van der Waals surface area contributed by atoms with Gasteiger partial charge in [-0.05, 0) is 37.5 Å². The van der Waals surface area contributed by atoms with Crippen LogP contribution in [0.3, 0.4) is 0 Å². The van der Waals surface area contributed by atoms with Gasteiger partial charge in [-0.3, -0.25) is 9.89 Å². The average Bonchev–Trinajstić information content (AvgIpc) is 3.03. The number of aliphatic imine (C=N–C) groups is 1. The molecule has 2 aliphatic heterocycles. The van der Waals surface area contributed by atoms with Crippen LogP contribution in [-0.4, -0.2) is 79.3 Å². The van der Waals surface area contributed by atoms with Crippen molar-refractivity contribution in [2.75, 3.05) is 51.2 Å². The molecular formula is C21H34F3IN6. The van der Waals surface area contributed by atoms with Gasteiger partial charge in [0.15, 0.2) is 5.96 Å². The molecule has 0 radical (unpaired) electrons. The summed E-state index contributed by atoms with van der Waals surface area (Å²) in [7, 11) is 1.71. The monoisotopic (exact) mass is 554 g/mol. The zero-order valence-corrected chi connectivity index (χ0v) is 20.7. The van der Waals surface area contributed by atoms with Crippen molar-refractivity contribution in [3.05, 3.63) is 23.9 Å². The van der Waals surface area contributed by atoms with Crippen LogP contribution in [0, 0.1) is 0 Å². The van der Waals surface area contributed by atoms with E-state index in [1.807, 2.05) is 17.2 Å². The highest BCUT2D eigenvalue weighted by atomic mass is 127. The Balaban J connectivity index is 0.00000341. The average molecular weight is 554 g/mol. The van der Waals surface area contributed by atoms with Gasteiger partial charge in [-0.2, -0.15) is 13.2 Å². The number of rotatable bonds is 4. The van der Waals surface area contributed by atoms with Gasteiger partial charge in [-0.1, -0.05) is 12.8 Å². The van der Waals surface area contributed by atoms with Crippen molar-refractivity contribution in [2.45, 2.75) is 51.4 Å². The predicted octanol–water partition coefficient (Wildman–Crippen LogP) is 3.72. The summed E-state index contributed by atoms with van der Waals surface area (Å²) < 4.78 is 38.9. The van der Waals surface area contributed by atoms with Gasteiger partial charge >= 0.3 is 6.18 Å². The van der Waals surface area contributed by atoms with Gasteiger partial charge in [0.1, 0.15) is 11.9 Å². The number of halogens is 4. The van der Waals surface area contributed by atoms with E-state index >= 15 is 0 Å².